The van der Waals surface area contributed by atoms with Gasteiger partial charge in [0, 0.05) is 19.2 Å². The van der Waals surface area contributed by atoms with Crippen LogP contribution in [0.1, 0.15) is 6.42 Å². The molecule has 0 aromatic carbocycles. The van der Waals surface area contributed by atoms with E-state index in [9.17, 15) is 4.79 Å². The fourth-order valence-electron chi connectivity index (χ4n) is 1.59. The predicted molar refractivity (Wildman–Crippen MR) is 52.7 cm³/mol. The van der Waals surface area contributed by atoms with Crippen LogP contribution in [-0.4, -0.2) is 34.8 Å². The highest BCUT2D eigenvalue weighted by molar-refractivity contribution is 5.73. The Bertz CT molecular complexity index is 342. The molecule has 2 heterocycles. The molecule has 2 atom stereocenters. The molecule has 0 aliphatic carbocycles. The van der Waals surface area contributed by atoms with Gasteiger partial charge in [0.2, 0.25) is 0 Å². The zero-order chi connectivity index (χ0) is 10.7. The first kappa shape index (κ1) is 9.92. The van der Waals surface area contributed by atoms with Gasteiger partial charge in [0.15, 0.2) is 0 Å². The van der Waals surface area contributed by atoms with Crippen molar-refractivity contribution in [2.75, 3.05) is 6.54 Å². The molecule has 1 aromatic rings. The van der Waals surface area contributed by atoms with E-state index in [0.29, 0.717) is 18.7 Å². The highest BCUT2D eigenvalue weighted by Crippen LogP contribution is 2.15. The minimum Gasteiger partial charge on any atom is -0.487 e. The zero-order valence-corrected chi connectivity index (χ0v) is 8.09. The third-order valence-corrected chi connectivity index (χ3v) is 2.33. The molecule has 1 saturated heterocycles. The molecule has 80 valence electrons. The second kappa shape index (κ2) is 4.27. The molecular formula is C10H12N2O3. The Morgan fingerprint density at radius 1 is 1.67 bits per heavy atom. The maximum absolute atomic E-state index is 10.7. The molecule has 5 nitrogen and oxygen atoms in total. The summed E-state index contributed by atoms with van der Waals surface area (Å²) in [6.07, 6.45) is 3.69. The number of rotatable bonds is 3. The molecule has 0 amide bonds. The van der Waals surface area contributed by atoms with Gasteiger partial charge >= 0.3 is 5.97 Å². The summed E-state index contributed by atoms with van der Waals surface area (Å²) in [6, 6.07) is 3.10. The van der Waals surface area contributed by atoms with Crippen LogP contribution < -0.4 is 10.1 Å². The van der Waals surface area contributed by atoms with Crippen LogP contribution in [0.25, 0.3) is 0 Å². The lowest BCUT2D eigenvalue weighted by molar-refractivity contribution is -0.139. The zero-order valence-electron chi connectivity index (χ0n) is 8.09. The van der Waals surface area contributed by atoms with E-state index < -0.39 is 12.0 Å². The number of nitrogens with zero attached hydrogens (tertiary/aromatic N) is 1. The SMILES string of the molecule is O=C(O)C1CC(Oc2cccnc2)CN1. The van der Waals surface area contributed by atoms with Crippen molar-refractivity contribution >= 4 is 5.97 Å². The highest BCUT2D eigenvalue weighted by atomic mass is 16.5. The number of ether oxygens (including phenoxy) is 1. The number of hydrogen-bond acceptors (Lipinski definition) is 4. The fraction of sp³-hybridized carbons (Fsp3) is 0.400. The number of carboxylic acids is 1. The van der Waals surface area contributed by atoms with Gasteiger partial charge in [0.1, 0.15) is 17.9 Å². The average molecular weight is 208 g/mol. The third-order valence-electron chi connectivity index (χ3n) is 2.33. The van der Waals surface area contributed by atoms with E-state index in [2.05, 4.69) is 10.3 Å². The maximum Gasteiger partial charge on any atom is 0.320 e. The second-order valence-electron chi connectivity index (χ2n) is 3.46. The lowest BCUT2D eigenvalue weighted by Gasteiger charge is -2.11. The Labute approximate surface area is 87.1 Å². The number of carboxylic acid groups (broad SMARTS) is 1. The van der Waals surface area contributed by atoms with Crippen LogP contribution in [-0.2, 0) is 4.79 Å². The Morgan fingerprint density at radius 2 is 2.53 bits per heavy atom. The van der Waals surface area contributed by atoms with Gasteiger partial charge in [-0.3, -0.25) is 9.78 Å². The molecule has 0 bridgehead atoms. The number of pyridine rings is 1. The van der Waals surface area contributed by atoms with Crippen LogP contribution in [0, 0.1) is 0 Å². The van der Waals surface area contributed by atoms with Gasteiger partial charge in [-0.05, 0) is 12.1 Å². The lowest BCUT2D eigenvalue weighted by Crippen LogP contribution is -2.30. The average Bonchev–Trinajstić information content (AvgIpc) is 2.68. The fourth-order valence-corrected chi connectivity index (χ4v) is 1.59. The highest BCUT2D eigenvalue weighted by Gasteiger charge is 2.30. The smallest absolute Gasteiger partial charge is 0.320 e. The first-order chi connectivity index (χ1) is 7.25. The molecular weight excluding hydrogens is 196 g/mol. The molecule has 1 aliphatic heterocycles. The van der Waals surface area contributed by atoms with Gasteiger partial charge in [-0.15, -0.1) is 0 Å². The van der Waals surface area contributed by atoms with Crippen molar-refractivity contribution in [3.63, 3.8) is 0 Å². The summed E-state index contributed by atoms with van der Waals surface area (Å²) < 4.78 is 5.57. The Morgan fingerprint density at radius 3 is 3.13 bits per heavy atom. The van der Waals surface area contributed by atoms with Crippen molar-refractivity contribution in [3.05, 3.63) is 24.5 Å². The topological polar surface area (TPSA) is 71.5 Å². The molecule has 2 N–H and O–H groups in total. The molecule has 2 unspecified atom stereocenters. The lowest BCUT2D eigenvalue weighted by atomic mass is 10.2. The summed E-state index contributed by atoms with van der Waals surface area (Å²) in [5, 5.41) is 11.6. The van der Waals surface area contributed by atoms with E-state index in [1.165, 1.54) is 0 Å². The number of nitrogens with one attached hydrogen (secondary N) is 1. The monoisotopic (exact) mass is 208 g/mol. The molecule has 0 spiro atoms. The van der Waals surface area contributed by atoms with E-state index in [1.807, 2.05) is 0 Å². The van der Waals surface area contributed by atoms with Gasteiger partial charge in [-0.1, -0.05) is 0 Å². The second-order valence-corrected chi connectivity index (χ2v) is 3.46. The van der Waals surface area contributed by atoms with E-state index in [-0.39, 0.29) is 6.10 Å². The van der Waals surface area contributed by atoms with Gasteiger partial charge in [-0.25, -0.2) is 0 Å². The number of hydrogen-bond donors (Lipinski definition) is 2. The molecule has 0 radical (unpaired) electrons. The predicted octanol–water partition coefficient (Wildman–Crippen LogP) is 0.276. The number of aliphatic carboxylic acids is 1. The quantitative estimate of drug-likeness (QED) is 0.746. The molecule has 1 aliphatic rings. The Hall–Kier alpha value is -1.62. The van der Waals surface area contributed by atoms with Crippen molar-refractivity contribution in [2.24, 2.45) is 0 Å². The maximum atomic E-state index is 10.7. The Balaban J connectivity index is 1.90. The van der Waals surface area contributed by atoms with Gasteiger partial charge < -0.3 is 15.2 Å². The molecule has 0 saturated carbocycles. The normalized spacial score (nSPS) is 25.1. The van der Waals surface area contributed by atoms with Crippen LogP contribution in [0.15, 0.2) is 24.5 Å². The van der Waals surface area contributed by atoms with E-state index >= 15 is 0 Å². The van der Waals surface area contributed by atoms with Gasteiger partial charge in [0.05, 0.1) is 6.20 Å². The van der Waals surface area contributed by atoms with Gasteiger partial charge in [-0.2, -0.15) is 0 Å². The van der Waals surface area contributed by atoms with E-state index in [1.54, 1.807) is 24.5 Å². The number of aromatic nitrogens is 1. The van der Waals surface area contributed by atoms with Crippen LogP contribution in [0.4, 0.5) is 0 Å². The molecule has 2 rings (SSSR count). The van der Waals surface area contributed by atoms with Crippen molar-refractivity contribution in [1.82, 2.24) is 10.3 Å². The Kier molecular flexibility index (Phi) is 2.82. The summed E-state index contributed by atoms with van der Waals surface area (Å²) in [5.41, 5.74) is 0. The molecule has 5 heteroatoms. The van der Waals surface area contributed by atoms with Crippen molar-refractivity contribution < 1.29 is 14.6 Å². The van der Waals surface area contributed by atoms with Crippen LogP contribution in [0.3, 0.4) is 0 Å². The largest absolute Gasteiger partial charge is 0.487 e. The van der Waals surface area contributed by atoms with E-state index in [0.717, 1.165) is 0 Å². The van der Waals surface area contributed by atoms with Crippen LogP contribution in [0.2, 0.25) is 0 Å². The molecule has 1 aromatic heterocycles. The van der Waals surface area contributed by atoms with Crippen molar-refractivity contribution in [2.45, 2.75) is 18.6 Å². The van der Waals surface area contributed by atoms with Gasteiger partial charge in [0.25, 0.3) is 0 Å². The summed E-state index contributed by atoms with van der Waals surface area (Å²) in [7, 11) is 0. The van der Waals surface area contributed by atoms with Crippen LogP contribution >= 0.6 is 0 Å². The standard InChI is InChI=1S/C10H12N2O3/c13-10(14)9-4-8(6-12-9)15-7-2-1-3-11-5-7/h1-3,5,8-9,12H,4,6H2,(H,13,14). The van der Waals surface area contributed by atoms with E-state index in [4.69, 9.17) is 9.84 Å². The van der Waals surface area contributed by atoms with Crippen molar-refractivity contribution in [3.8, 4) is 5.75 Å². The third kappa shape index (κ3) is 2.44. The summed E-state index contributed by atoms with van der Waals surface area (Å²) in [4.78, 5) is 14.6. The minimum atomic E-state index is -0.827. The first-order valence-corrected chi connectivity index (χ1v) is 4.78. The molecule has 1 fully saturated rings. The summed E-state index contributed by atoms with van der Waals surface area (Å²) in [6.45, 7) is 0.561. The number of carbonyl (C=O) groups is 1. The summed E-state index contributed by atoms with van der Waals surface area (Å²) in [5.74, 6) is -0.150. The van der Waals surface area contributed by atoms with Crippen LogP contribution in [0.5, 0.6) is 5.75 Å². The minimum absolute atomic E-state index is 0.0877. The van der Waals surface area contributed by atoms with Crippen molar-refractivity contribution in [1.29, 1.82) is 0 Å². The first-order valence-electron chi connectivity index (χ1n) is 4.78. The summed E-state index contributed by atoms with van der Waals surface area (Å²) >= 11 is 0. The molecule has 15 heavy (non-hydrogen) atoms.